The molecule has 0 bridgehead atoms. The molecule has 7 nitrogen and oxygen atoms in total. The summed E-state index contributed by atoms with van der Waals surface area (Å²) >= 11 is 0. The first kappa shape index (κ1) is 16.4. The average molecular weight is 330 g/mol. The van der Waals surface area contributed by atoms with Gasteiger partial charge in [0.25, 0.3) is 0 Å². The summed E-state index contributed by atoms with van der Waals surface area (Å²) in [4.78, 5) is 16.5. The monoisotopic (exact) mass is 330 g/mol. The van der Waals surface area contributed by atoms with E-state index in [-0.39, 0.29) is 24.6 Å². The number of aromatic nitrogens is 3. The Morgan fingerprint density at radius 2 is 2.29 bits per heavy atom. The standard InChI is InChI=1S/C17H22N4O3/c1-12-3-4-14(9-18-12)24-16-6-8-23-11-15(16)20-17(22)10-21-13(2)5-7-19-21/h3-5,7,9,15-16H,6,8,10-11H2,1-2H3,(H,20,22)/t15-,16+/m1/s1. The third kappa shape index (κ3) is 4.11. The van der Waals surface area contributed by atoms with Gasteiger partial charge in [-0.3, -0.25) is 14.5 Å². The van der Waals surface area contributed by atoms with Gasteiger partial charge in [-0.05, 0) is 32.0 Å². The van der Waals surface area contributed by atoms with Gasteiger partial charge in [-0.1, -0.05) is 0 Å². The van der Waals surface area contributed by atoms with Crippen molar-refractivity contribution in [3.05, 3.63) is 42.0 Å². The van der Waals surface area contributed by atoms with Crippen molar-refractivity contribution in [2.24, 2.45) is 0 Å². The first-order chi connectivity index (χ1) is 11.6. The zero-order chi connectivity index (χ0) is 16.9. The topological polar surface area (TPSA) is 78.3 Å². The van der Waals surface area contributed by atoms with E-state index in [0.717, 1.165) is 17.8 Å². The first-order valence-corrected chi connectivity index (χ1v) is 8.06. The minimum Gasteiger partial charge on any atom is -0.486 e. The number of nitrogens with one attached hydrogen (secondary N) is 1. The first-order valence-electron chi connectivity index (χ1n) is 8.06. The van der Waals surface area contributed by atoms with Gasteiger partial charge in [-0.15, -0.1) is 0 Å². The molecule has 1 aliphatic heterocycles. The zero-order valence-electron chi connectivity index (χ0n) is 13.9. The Morgan fingerprint density at radius 1 is 1.42 bits per heavy atom. The quantitative estimate of drug-likeness (QED) is 0.892. The lowest BCUT2D eigenvalue weighted by Gasteiger charge is -2.32. The van der Waals surface area contributed by atoms with Crippen molar-refractivity contribution < 1.29 is 14.3 Å². The van der Waals surface area contributed by atoms with Gasteiger partial charge in [-0.2, -0.15) is 5.10 Å². The summed E-state index contributed by atoms with van der Waals surface area (Å²) in [5.41, 5.74) is 1.89. The number of carbonyl (C=O) groups excluding carboxylic acids is 1. The van der Waals surface area contributed by atoms with E-state index in [1.165, 1.54) is 0 Å². The summed E-state index contributed by atoms with van der Waals surface area (Å²) in [6.45, 7) is 5.09. The molecule has 1 amide bonds. The zero-order valence-corrected chi connectivity index (χ0v) is 13.9. The summed E-state index contributed by atoms with van der Waals surface area (Å²) in [7, 11) is 0. The van der Waals surface area contributed by atoms with Crippen molar-refractivity contribution in [2.75, 3.05) is 13.2 Å². The van der Waals surface area contributed by atoms with Crippen molar-refractivity contribution in [1.82, 2.24) is 20.1 Å². The number of aryl methyl sites for hydroxylation is 2. The van der Waals surface area contributed by atoms with Gasteiger partial charge in [0.1, 0.15) is 18.4 Å². The van der Waals surface area contributed by atoms with Crippen LogP contribution in [0.5, 0.6) is 5.75 Å². The van der Waals surface area contributed by atoms with Crippen LogP contribution in [0.1, 0.15) is 17.8 Å². The smallest absolute Gasteiger partial charge is 0.242 e. The number of nitrogens with zero attached hydrogens (tertiary/aromatic N) is 3. The van der Waals surface area contributed by atoms with E-state index in [9.17, 15) is 4.79 Å². The minimum absolute atomic E-state index is 0.104. The highest BCUT2D eigenvalue weighted by atomic mass is 16.5. The van der Waals surface area contributed by atoms with Gasteiger partial charge in [0.2, 0.25) is 5.91 Å². The maximum absolute atomic E-state index is 12.3. The minimum atomic E-state index is -0.191. The summed E-state index contributed by atoms with van der Waals surface area (Å²) in [6, 6.07) is 5.48. The van der Waals surface area contributed by atoms with E-state index in [2.05, 4.69) is 15.4 Å². The van der Waals surface area contributed by atoms with Crippen LogP contribution >= 0.6 is 0 Å². The second-order valence-electron chi connectivity index (χ2n) is 5.96. The Labute approximate surface area is 141 Å². The molecule has 2 atom stereocenters. The molecule has 7 heteroatoms. The maximum atomic E-state index is 12.3. The van der Waals surface area contributed by atoms with Gasteiger partial charge in [0.15, 0.2) is 0 Å². The molecular formula is C17H22N4O3. The van der Waals surface area contributed by atoms with Crippen molar-refractivity contribution in [1.29, 1.82) is 0 Å². The van der Waals surface area contributed by atoms with Crippen LogP contribution in [0.25, 0.3) is 0 Å². The highest BCUT2D eigenvalue weighted by Gasteiger charge is 2.29. The van der Waals surface area contributed by atoms with Crippen molar-refractivity contribution >= 4 is 5.91 Å². The van der Waals surface area contributed by atoms with Crippen LogP contribution in [0.3, 0.4) is 0 Å². The van der Waals surface area contributed by atoms with E-state index >= 15 is 0 Å². The molecule has 2 aromatic heterocycles. The van der Waals surface area contributed by atoms with Crippen molar-refractivity contribution in [3.63, 3.8) is 0 Å². The van der Waals surface area contributed by atoms with E-state index < -0.39 is 0 Å². The summed E-state index contributed by atoms with van der Waals surface area (Å²) in [5.74, 6) is 0.600. The summed E-state index contributed by atoms with van der Waals surface area (Å²) in [6.07, 6.45) is 3.98. The maximum Gasteiger partial charge on any atom is 0.242 e. The second-order valence-corrected chi connectivity index (χ2v) is 5.96. The third-order valence-electron chi connectivity index (χ3n) is 4.03. The van der Waals surface area contributed by atoms with E-state index in [0.29, 0.717) is 19.0 Å². The molecule has 128 valence electrons. The molecule has 3 heterocycles. The molecule has 2 aromatic rings. The van der Waals surface area contributed by atoms with Crippen LogP contribution in [0.2, 0.25) is 0 Å². The number of pyridine rings is 1. The molecule has 3 rings (SSSR count). The average Bonchev–Trinajstić information content (AvgIpc) is 2.96. The molecular weight excluding hydrogens is 308 g/mol. The Hall–Kier alpha value is -2.41. The molecule has 0 radical (unpaired) electrons. The third-order valence-corrected chi connectivity index (χ3v) is 4.03. The van der Waals surface area contributed by atoms with Gasteiger partial charge in [0.05, 0.1) is 25.5 Å². The fourth-order valence-electron chi connectivity index (χ4n) is 2.65. The number of hydrogen-bond donors (Lipinski definition) is 1. The lowest BCUT2D eigenvalue weighted by atomic mass is 10.1. The molecule has 1 saturated heterocycles. The van der Waals surface area contributed by atoms with Crippen LogP contribution < -0.4 is 10.1 Å². The van der Waals surface area contributed by atoms with E-state index in [1.807, 2.05) is 32.0 Å². The van der Waals surface area contributed by atoms with Crippen LogP contribution in [-0.4, -0.2) is 46.0 Å². The normalized spacial score (nSPS) is 20.6. The van der Waals surface area contributed by atoms with Gasteiger partial charge < -0.3 is 14.8 Å². The molecule has 1 fully saturated rings. The van der Waals surface area contributed by atoms with Crippen LogP contribution in [0, 0.1) is 13.8 Å². The second kappa shape index (κ2) is 7.44. The van der Waals surface area contributed by atoms with Crippen LogP contribution in [0.15, 0.2) is 30.6 Å². The fourth-order valence-corrected chi connectivity index (χ4v) is 2.65. The number of hydrogen-bond acceptors (Lipinski definition) is 5. The molecule has 0 aromatic carbocycles. The summed E-state index contributed by atoms with van der Waals surface area (Å²) < 4.78 is 13.2. The molecule has 0 unspecified atom stereocenters. The molecule has 1 aliphatic rings. The van der Waals surface area contributed by atoms with E-state index in [4.69, 9.17) is 9.47 Å². The predicted octanol–water partition coefficient (Wildman–Crippen LogP) is 1.25. The van der Waals surface area contributed by atoms with Gasteiger partial charge in [-0.25, -0.2) is 0 Å². The Kier molecular flexibility index (Phi) is 5.10. The highest BCUT2D eigenvalue weighted by Crippen LogP contribution is 2.17. The number of amides is 1. The Balaban J connectivity index is 1.60. The number of ether oxygens (including phenoxy) is 2. The van der Waals surface area contributed by atoms with Crippen molar-refractivity contribution in [3.8, 4) is 5.75 Å². The molecule has 1 N–H and O–H groups in total. The SMILES string of the molecule is Cc1ccc(O[C@H]2CCOC[C@H]2NC(=O)Cn2nccc2C)cn1. The number of carbonyl (C=O) groups is 1. The van der Waals surface area contributed by atoms with E-state index in [1.54, 1.807) is 17.1 Å². The summed E-state index contributed by atoms with van der Waals surface area (Å²) in [5, 5.41) is 7.12. The number of rotatable bonds is 5. The molecule has 0 saturated carbocycles. The predicted molar refractivity (Wildman–Crippen MR) is 87.7 cm³/mol. The lowest BCUT2D eigenvalue weighted by Crippen LogP contribution is -2.52. The van der Waals surface area contributed by atoms with Crippen LogP contribution in [0.4, 0.5) is 0 Å². The highest BCUT2D eigenvalue weighted by molar-refractivity contribution is 5.76. The molecule has 24 heavy (non-hydrogen) atoms. The largest absolute Gasteiger partial charge is 0.486 e. The van der Waals surface area contributed by atoms with Gasteiger partial charge >= 0.3 is 0 Å². The Bertz CT molecular complexity index is 683. The van der Waals surface area contributed by atoms with Crippen molar-refractivity contribution in [2.45, 2.75) is 39.0 Å². The lowest BCUT2D eigenvalue weighted by molar-refractivity contribution is -0.125. The Morgan fingerprint density at radius 3 is 3.00 bits per heavy atom. The fraction of sp³-hybridized carbons (Fsp3) is 0.471. The van der Waals surface area contributed by atoms with Gasteiger partial charge in [0, 0.05) is 24.0 Å². The molecule has 0 spiro atoms. The van der Waals surface area contributed by atoms with Crippen LogP contribution in [-0.2, 0) is 16.1 Å². The molecule has 0 aliphatic carbocycles.